The van der Waals surface area contributed by atoms with Crippen LogP contribution in [0.5, 0.6) is 0 Å². The van der Waals surface area contributed by atoms with Crippen LogP contribution in [0.15, 0.2) is 42.2 Å². The van der Waals surface area contributed by atoms with Gasteiger partial charge >= 0.3 is 11.9 Å². The van der Waals surface area contributed by atoms with Crippen LogP contribution in [0.1, 0.15) is 94.5 Å². The number of fused-ring (bicyclic) bond motifs is 1. The number of hydrogen-bond acceptors (Lipinski definition) is 11. The maximum absolute atomic E-state index is 14.2. The first-order valence-electron chi connectivity index (χ1n) is 18.6. The smallest absolute Gasteiger partial charge is 0.338 e. The van der Waals surface area contributed by atoms with Gasteiger partial charge in [-0.3, -0.25) is 14.4 Å². The molecule has 6 rings (SSSR count). The van der Waals surface area contributed by atoms with Crippen LogP contribution in [0, 0.1) is 11.8 Å². The summed E-state index contributed by atoms with van der Waals surface area (Å²) in [5, 5.41) is 21.7. The van der Waals surface area contributed by atoms with Crippen molar-refractivity contribution in [1.82, 2.24) is 10.2 Å². The Kier molecular flexibility index (Phi) is 11.7. The van der Waals surface area contributed by atoms with Crippen molar-refractivity contribution in [1.29, 1.82) is 0 Å². The molecule has 2 aliphatic heterocycles. The molecule has 2 heterocycles. The van der Waals surface area contributed by atoms with E-state index in [2.05, 4.69) is 5.32 Å². The number of hydrogen-bond donors (Lipinski definition) is 3. The molecule has 2 amide bonds. The summed E-state index contributed by atoms with van der Waals surface area (Å²) in [5.41, 5.74) is 0.894. The van der Waals surface area contributed by atoms with Gasteiger partial charge in [0.1, 0.15) is 36.6 Å². The zero-order valence-corrected chi connectivity index (χ0v) is 30.3. The van der Waals surface area contributed by atoms with E-state index in [0.717, 1.165) is 31.2 Å². The van der Waals surface area contributed by atoms with Gasteiger partial charge in [0.15, 0.2) is 5.79 Å². The Balaban J connectivity index is 1.15. The van der Waals surface area contributed by atoms with Crippen molar-refractivity contribution in [2.24, 2.45) is 11.8 Å². The third-order valence-corrected chi connectivity index (χ3v) is 10.2. The molecule has 0 bridgehead atoms. The number of carbonyl (C=O) groups is 4. The first kappa shape index (κ1) is 38.0. The van der Waals surface area contributed by atoms with Gasteiger partial charge in [0.25, 0.3) is 0 Å². The summed E-state index contributed by atoms with van der Waals surface area (Å²) in [6.07, 6.45) is 8.40. The van der Waals surface area contributed by atoms with E-state index in [1.165, 1.54) is 6.26 Å². The lowest BCUT2D eigenvalue weighted by atomic mass is 9.91. The second-order valence-corrected chi connectivity index (χ2v) is 15.5. The molecule has 0 radical (unpaired) electrons. The number of nitrogens with one attached hydrogen (secondary N) is 1. The van der Waals surface area contributed by atoms with Gasteiger partial charge in [-0.2, -0.15) is 0 Å². The lowest BCUT2D eigenvalue weighted by Gasteiger charge is -2.33. The van der Waals surface area contributed by atoms with E-state index in [4.69, 9.17) is 28.8 Å². The standard InChI is InChI=1S/C39H52N2O11/c1-38(2,3)51-33(44)15-14-29(23-43)40-35(45)30-5-4-17-41(30)36(46)26-21-31(34-32(22-26)50-39(52-34,27-10-11-27)28-12-13-28)49-37(47)25-8-6-24(7-9-25)16-19-48-20-18-42/h6-9,16,19,22,27-32,34,42-43H,4-5,10-15,17-18,20-21,23H2,1-3H3,(H,40,45)/t29-,30+,31+,32+,34-/m0/s1. The molecular formula is C39H52N2O11. The van der Waals surface area contributed by atoms with Crippen molar-refractivity contribution >= 4 is 29.8 Å². The lowest BCUT2D eigenvalue weighted by molar-refractivity contribution is -0.209. The van der Waals surface area contributed by atoms with E-state index in [0.29, 0.717) is 30.5 Å². The van der Waals surface area contributed by atoms with Gasteiger partial charge in [0, 0.05) is 36.8 Å². The number of aliphatic hydroxyl groups is 2. The number of rotatable bonds is 15. The molecule has 1 aromatic carbocycles. The summed E-state index contributed by atoms with van der Waals surface area (Å²) in [5.74, 6) is -1.93. The summed E-state index contributed by atoms with van der Waals surface area (Å²) in [6, 6.07) is 5.38. The van der Waals surface area contributed by atoms with Crippen LogP contribution >= 0.6 is 0 Å². The molecule has 0 aromatic heterocycles. The number of nitrogens with zero attached hydrogens (tertiary/aromatic N) is 1. The fourth-order valence-corrected chi connectivity index (χ4v) is 7.40. The minimum atomic E-state index is -0.797. The van der Waals surface area contributed by atoms with Crippen LogP contribution in [0.3, 0.4) is 0 Å². The largest absolute Gasteiger partial charge is 0.499 e. The van der Waals surface area contributed by atoms with Crippen LogP contribution in [0.4, 0.5) is 0 Å². The van der Waals surface area contributed by atoms with Crippen LogP contribution in [-0.4, -0.2) is 107 Å². The van der Waals surface area contributed by atoms with E-state index in [9.17, 15) is 24.3 Å². The van der Waals surface area contributed by atoms with Gasteiger partial charge < -0.3 is 44.1 Å². The summed E-state index contributed by atoms with van der Waals surface area (Å²) in [7, 11) is 0. The van der Waals surface area contributed by atoms with Crippen molar-refractivity contribution in [2.75, 3.05) is 26.4 Å². The van der Waals surface area contributed by atoms with E-state index >= 15 is 0 Å². The van der Waals surface area contributed by atoms with Gasteiger partial charge in [0.05, 0.1) is 31.1 Å². The number of likely N-dealkylation sites (tertiary alicyclic amines) is 1. The average molecular weight is 725 g/mol. The summed E-state index contributed by atoms with van der Waals surface area (Å²) >= 11 is 0. The molecule has 1 aromatic rings. The van der Waals surface area contributed by atoms with Crippen molar-refractivity contribution in [3.05, 3.63) is 53.3 Å². The predicted molar refractivity (Wildman–Crippen MR) is 187 cm³/mol. The number of aliphatic hydroxyl groups excluding tert-OH is 2. The minimum absolute atomic E-state index is 0.0263. The van der Waals surface area contributed by atoms with Gasteiger partial charge in [-0.05, 0) is 95.6 Å². The first-order chi connectivity index (χ1) is 24.9. The number of carbonyl (C=O) groups excluding carboxylic acids is 4. The fraction of sp³-hybridized carbons (Fsp3) is 0.641. The molecule has 5 atom stereocenters. The van der Waals surface area contributed by atoms with E-state index in [1.807, 2.05) is 0 Å². The van der Waals surface area contributed by atoms with Crippen LogP contribution in [-0.2, 0) is 38.1 Å². The monoisotopic (exact) mass is 724 g/mol. The van der Waals surface area contributed by atoms with Gasteiger partial charge in [-0.15, -0.1) is 0 Å². The van der Waals surface area contributed by atoms with Gasteiger partial charge in [-0.1, -0.05) is 12.1 Å². The Bertz CT molecular complexity index is 1510. The second-order valence-electron chi connectivity index (χ2n) is 15.5. The average Bonchev–Trinajstić information content (AvgIpc) is 4.06. The van der Waals surface area contributed by atoms with E-state index in [1.54, 1.807) is 62.1 Å². The Morgan fingerprint density at radius 3 is 2.38 bits per heavy atom. The maximum atomic E-state index is 14.2. The molecule has 0 spiro atoms. The highest BCUT2D eigenvalue weighted by atomic mass is 16.8. The van der Waals surface area contributed by atoms with Crippen LogP contribution in [0.25, 0.3) is 6.08 Å². The van der Waals surface area contributed by atoms with Crippen molar-refractivity contribution in [2.45, 2.75) is 120 Å². The zero-order valence-electron chi connectivity index (χ0n) is 30.3. The molecule has 284 valence electrons. The predicted octanol–water partition coefficient (Wildman–Crippen LogP) is 3.41. The van der Waals surface area contributed by atoms with Crippen molar-refractivity contribution in [3.63, 3.8) is 0 Å². The third-order valence-electron chi connectivity index (χ3n) is 10.2. The van der Waals surface area contributed by atoms with E-state index < -0.39 is 59.6 Å². The SMILES string of the molecule is CC(C)(C)OC(=O)CC[C@@H](CO)NC(=O)[C@H]1CCCN1C(=O)C1=C[C@H]2OC(C3CC3)(C3CC3)O[C@H]2[C@H](OC(=O)c2ccc(C=COCCO)cc2)C1. The number of amides is 2. The molecule has 52 heavy (non-hydrogen) atoms. The first-order valence-corrected chi connectivity index (χ1v) is 18.6. The highest BCUT2D eigenvalue weighted by molar-refractivity contribution is 5.98. The Labute approximate surface area is 304 Å². The Hall–Kier alpha value is -3.78. The molecule has 5 aliphatic rings. The molecule has 0 unspecified atom stereocenters. The highest BCUT2D eigenvalue weighted by Gasteiger charge is 2.64. The molecule has 2 saturated carbocycles. The molecule has 13 nitrogen and oxygen atoms in total. The minimum Gasteiger partial charge on any atom is -0.499 e. The molecule has 4 fully saturated rings. The third kappa shape index (κ3) is 9.05. The van der Waals surface area contributed by atoms with Crippen LogP contribution in [0.2, 0.25) is 0 Å². The highest BCUT2D eigenvalue weighted by Crippen LogP contribution is 2.59. The summed E-state index contributed by atoms with van der Waals surface area (Å²) < 4.78 is 30.1. The Morgan fingerprint density at radius 1 is 1.04 bits per heavy atom. The summed E-state index contributed by atoms with van der Waals surface area (Å²) in [4.78, 5) is 55.0. The zero-order chi connectivity index (χ0) is 37.0. The van der Waals surface area contributed by atoms with E-state index in [-0.39, 0.29) is 56.8 Å². The van der Waals surface area contributed by atoms with Gasteiger partial charge in [0.2, 0.25) is 11.8 Å². The molecule has 2 saturated heterocycles. The maximum Gasteiger partial charge on any atom is 0.338 e. The van der Waals surface area contributed by atoms with Crippen molar-refractivity contribution < 1.29 is 53.1 Å². The Morgan fingerprint density at radius 2 is 1.75 bits per heavy atom. The summed E-state index contributed by atoms with van der Waals surface area (Å²) in [6.45, 7) is 5.42. The number of ether oxygens (including phenoxy) is 5. The molecule has 13 heteroatoms. The molecular weight excluding hydrogens is 672 g/mol. The van der Waals surface area contributed by atoms with Gasteiger partial charge in [-0.25, -0.2) is 4.79 Å². The van der Waals surface area contributed by atoms with Crippen LogP contribution < -0.4 is 5.32 Å². The topological polar surface area (TPSA) is 170 Å². The second kappa shape index (κ2) is 16.1. The molecule has 3 aliphatic carbocycles. The fourth-order valence-electron chi connectivity index (χ4n) is 7.40. The lowest BCUT2D eigenvalue weighted by Crippen LogP contribution is -2.51. The molecule has 3 N–H and O–H groups in total. The quantitative estimate of drug-likeness (QED) is 0.138. The van der Waals surface area contributed by atoms with Crippen molar-refractivity contribution in [3.8, 4) is 0 Å². The normalized spacial score (nSPS) is 26.0. The number of benzene rings is 1. The number of esters is 2.